The van der Waals surface area contributed by atoms with E-state index in [1.165, 1.54) is 0 Å². The minimum Gasteiger partial charge on any atom is -0.368 e. The Labute approximate surface area is 90.0 Å². The van der Waals surface area contributed by atoms with Gasteiger partial charge in [-0.15, -0.1) is 13.2 Å². The molecule has 82 valence electrons. The molecule has 0 radical (unpaired) electrons. The lowest BCUT2D eigenvalue weighted by Gasteiger charge is -2.24. The molecule has 0 spiro atoms. The number of hydrogen-bond acceptors (Lipinski definition) is 3. The van der Waals surface area contributed by atoms with Gasteiger partial charge in [0.25, 0.3) is 0 Å². The van der Waals surface area contributed by atoms with E-state index >= 15 is 0 Å². The highest BCUT2D eigenvalue weighted by Gasteiger charge is 2.47. The smallest absolute Gasteiger partial charge is 0.117 e. The minimum absolute atomic E-state index is 0.0158. The molecule has 4 atom stereocenters. The van der Waals surface area contributed by atoms with Crippen molar-refractivity contribution >= 4 is 0 Å². The van der Waals surface area contributed by atoms with Gasteiger partial charge in [-0.2, -0.15) is 0 Å². The van der Waals surface area contributed by atoms with E-state index in [0.717, 1.165) is 0 Å². The fraction of sp³-hybridized carbons (Fsp3) is 0.500. The predicted molar refractivity (Wildman–Crippen MR) is 57.7 cm³/mol. The van der Waals surface area contributed by atoms with Gasteiger partial charge in [0.15, 0.2) is 0 Å². The van der Waals surface area contributed by atoms with Crippen LogP contribution in [0.3, 0.4) is 0 Å². The fourth-order valence-electron chi connectivity index (χ4n) is 1.98. The van der Waals surface area contributed by atoms with Crippen molar-refractivity contribution in [3.8, 4) is 0 Å². The van der Waals surface area contributed by atoms with Crippen molar-refractivity contribution in [3.05, 3.63) is 37.5 Å². The van der Waals surface area contributed by atoms with Crippen molar-refractivity contribution < 1.29 is 14.2 Å². The summed E-state index contributed by atoms with van der Waals surface area (Å²) in [6.45, 7) is 8.31. The molecule has 3 nitrogen and oxygen atoms in total. The Hall–Kier alpha value is -0.900. The monoisotopic (exact) mass is 208 g/mol. The molecule has 0 amide bonds. The molecule has 0 N–H and O–H groups in total. The normalized spacial score (nSPS) is 37.1. The summed E-state index contributed by atoms with van der Waals surface area (Å²) in [6, 6.07) is 0. The molecule has 2 aliphatic rings. The molecule has 0 aromatic heterocycles. The zero-order valence-electron chi connectivity index (χ0n) is 8.67. The number of fused-ring (bicyclic) bond motifs is 2. The Kier molecular flexibility index (Phi) is 3.36. The van der Waals surface area contributed by atoms with Gasteiger partial charge < -0.3 is 14.2 Å². The van der Waals surface area contributed by atoms with Crippen molar-refractivity contribution in [2.24, 2.45) is 0 Å². The molecule has 2 rings (SSSR count). The molecule has 0 aromatic rings. The topological polar surface area (TPSA) is 27.7 Å². The van der Waals surface area contributed by atoms with Gasteiger partial charge >= 0.3 is 0 Å². The summed E-state index contributed by atoms with van der Waals surface area (Å²) in [5.74, 6) is 0. The first-order valence-corrected chi connectivity index (χ1v) is 5.15. The zero-order valence-corrected chi connectivity index (χ0v) is 8.67. The third kappa shape index (κ3) is 2.04. The van der Waals surface area contributed by atoms with Gasteiger partial charge in [-0.3, -0.25) is 0 Å². The van der Waals surface area contributed by atoms with E-state index < -0.39 is 0 Å². The molecular formula is C12H16O3. The molecule has 3 heteroatoms. The Bertz CT molecular complexity index is 246. The molecular weight excluding hydrogens is 192 g/mol. The summed E-state index contributed by atoms with van der Waals surface area (Å²) in [6.07, 6.45) is 7.57. The Morgan fingerprint density at radius 3 is 1.87 bits per heavy atom. The summed E-state index contributed by atoms with van der Waals surface area (Å²) in [7, 11) is 0. The first-order valence-electron chi connectivity index (χ1n) is 5.15. The van der Waals surface area contributed by atoms with E-state index in [4.69, 9.17) is 14.2 Å². The van der Waals surface area contributed by atoms with Crippen molar-refractivity contribution in [3.63, 3.8) is 0 Å². The Balaban J connectivity index is 1.96. The van der Waals surface area contributed by atoms with Gasteiger partial charge in [0, 0.05) is 0 Å². The van der Waals surface area contributed by atoms with Crippen LogP contribution < -0.4 is 0 Å². The summed E-state index contributed by atoms with van der Waals surface area (Å²) >= 11 is 0. The van der Waals surface area contributed by atoms with E-state index in [-0.39, 0.29) is 24.4 Å². The minimum atomic E-state index is -0.0158. The van der Waals surface area contributed by atoms with Crippen LogP contribution in [0.25, 0.3) is 0 Å². The fourth-order valence-corrected chi connectivity index (χ4v) is 1.98. The van der Waals surface area contributed by atoms with Gasteiger partial charge in [-0.1, -0.05) is 24.3 Å². The van der Waals surface area contributed by atoms with Gasteiger partial charge in [0.2, 0.25) is 0 Å². The molecule has 15 heavy (non-hydrogen) atoms. The number of rotatable bonds is 6. The third-order valence-corrected chi connectivity index (χ3v) is 2.59. The van der Waals surface area contributed by atoms with Crippen LogP contribution in [-0.4, -0.2) is 37.6 Å². The highest BCUT2D eigenvalue weighted by atomic mass is 16.6. The molecule has 1 saturated heterocycles. The highest BCUT2D eigenvalue weighted by Crippen LogP contribution is 2.33. The van der Waals surface area contributed by atoms with Crippen LogP contribution >= 0.6 is 0 Å². The lowest BCUT2D eigenvalue weighted by molar-refractivity contribution is -0.0455. The molecule has 1 fully saturated rings. The summed E-state index contributed by atoms with van der Waals surface area (Å²) in [5.41, 5.74) is 0. The Morgan fingerprint density at radius 1 is 1.00 bits per heavy atom. The van der Waals surface area contributed by atoms with Crippen LogP contribution in [0, 0.1) is 0 Å². The molecule has 0 aromatic carbocycles. The first-order chi connectivity index (χ1) is 7.36. The zero-order chi connectivity index (χ0) is 10.7. The number of ether oxygens (including phenoxy) is 3. The quantitative estimate of drug-likeness (QED) is 0.619. The van der Waals surface area contributed by atoms with Crippen molar-refractivity contribution in [2.75, 3.05) is 13.2 Å². The first kappa shape index (κ1) is 10.6. The van der Waals surface area contributed by atoms with Crippen molar-refractivity contribution in [1.29, 1.82) is 0 Å². The summed E-state index contributed by atoms with van der Waals surface area (Å²) in [4.78, 5) is 0. The molecule has 0 unspecified atom stereocenters. The van der Waals surface area contributed by atoms with Gasteiger partial charge in [-0.25, -0.2) is 0 Å². The highest BCUT2D eigenvalue weighted by molar-refractivity contribution is 5.17. The van der Waals surface area contributed by atoms with Crippen LogP contribution in [0.1, 0.15) is 0 Å². The van der Waals surface area contributed by atoms with E-state index in [1.54, 1.807) is 12.2 Å². The second-order valence-corrected chi connectivity index (χ2v) is 3.62. The second kappa shape index (κ2) is 4.75. The van der Waals surface area contributed by atoms with Crippen LogP contribution in [0.5, 0.6) is 0 Å². The van der Waals surface area contributed by atoms with Crippen LogP contribution in [0.4, 0.5) is 0 Å². The molecule has 2 heterocycles. The van der Waals surface area contributed by atoms with Gasteiger partial charge in [0.05, 0.1) is 13.2 Å². The van der Waals surface area contributed by atoms with E-state index in [2.05, 4.69) is 13.2 Å². The van der Waals surface area contributed by atoms with E-state index in [0.29, 0.717) is 13.2 Å². The van der Waals surface area contributed by atoms with E-state index in [1.807, 2.05) is 12.2 Å². The van der Waals surface area contributed by atoms with Crippen molar-refractivity contribution in [1.82, 2.24) is 0 Å². The maximum Gasteiger partial charge on any atom is 0.117 e. The third-order valence-electron chi connectivity index (χ3n) is 2.59. The van der Waals surface area contributed by atoms with Crippen LogP contribution in [0.15, 0.2) is 37.5 Å². The average Bonchev–Trinajstić information content (AvgIpc) is 2.83. The molecule has 0 aliphatic carbocycles. The molecule has 2 bridgehead atoms. The summed E-state index contributed by atoms with van der Waals surface area (Å²) < 4.78 is 16.9. The largest absolute Gasteiger partial charge is 0.368 e. The summed E-state index contributed by atoms with van der Waals surface area (Å²) in [5, 5.41) is 0. The van der Waals surface area contributed by atoms with Gasteiger partial charge in [0.1, 0.15) is 24.4 Å². The molecule has 0 saturated carbocycles. The standard InChI is InChI=1S/C12H16O3/c1-3-7-13-11-9-5-6-10(15-9)12(11)14-8-4-2/h3-6,9-12H,1-2,7-8H2/t9-,10+,11+,12-. The SMILES string of the molecule is C=CCO[C@@H]1[C@H](OCC=C)[C@@H]2C=C[C@H]1O2. The van der Waals surface area contributed by atoms with E-state index in [9.17, 15) is 0 Å². The average molecular weight is 208 g/mol. The van der Waals surface area contributed by atoms with Crippen LogP contribution in [-0.2, 0) is 14.2 Å². The Morgan fingerprint density at radius 2 is 1.47 bits per heavy atom. The van der Waals surface area contributed by atoms with Crippen LogP contribution in [0.2, 0.25) is 0 Å². The lowest BCUT2D eigenvalue weighted by Crippen LogP contribution is -2.39. The maximum atomic E-state index is 5.66. The maximum absolute atomic E-state index is 5.66. The second-order valence-electron chi connectivity index (χ2n) is 3.62. The lowest BCUT2D eigenvalue weighted by atomic mass is 10.0. The van der Waals surface area contributed by atoms with Gasteiger partial charge in [-0.05, 0) is 0 Å². The predicted octanol–water partition coefficient (Wildman–Crippen LogP) is 1.47. The molecule has 2 aliphatic heterocycles. The number of hydrogen-bond donors (Lipinski definition) is 0. The van der Waals surface area contributed by atoms with Crippen molar-refractivity contribution in [2.45, 2.75) is 24.4 Å².